The first-order valence-corrected chi connectivity index (χ1v) is 4.51. The third kappa shape index (κ3) is 3.45. The Morgan fingerprint density at radius 2 is 1.82 bits per heavy atom. The van der Waals surface area contributed by atoms with Crippen LogP contribution in [0.5, 0.6) is 0 Å². The van der Waals surface area contributed by atoms with Gasteiger partial charge in [-0.25, -0.2) is 0 Å². The fourth-order valence-electron chi connectivity index (χ4n) is 1.24. The summed E-state index contributed by atoms with van der Waals surface area (Å²) in [7, 11) is 0. The Labute approximate surface area is 70.7 Å². The smallest absolute Gasteiger partial charge is 0.0100 e. The molecule has 0 heterocycles. The van der Waals surface area contributed by atoms with Crippen molar-refractivity contribution in [3.63, 3.8) is 0 Å². The van der Waals surface area contributed by atoms with Gasteiger partial charge in [-0.15, -0.1) is 0 Å². The molecule has 0 radical (unpaired) electrons. The van der Waals surface area contributed by atoms with Crippen molar-refractivity contribution in [2.24, 2.45) is 23.5 Å². The second-order valence-electron chi connectivity index (χ2n) is 3.49. The molecule has 0 bridgehead atoms. The highest BCUT2D eigenvalue weighted by molar-refractivity contribution is 4.86. The minimum atomic E-state index is 0.606. The molecule has 0 amide bonds. The van der Waals surface area contributed by atoms with Gasteiger partial charge in [0.1, 0.15) is 0 Å². The number of rotatable bonds is 4. The van der Waals surface area contributed by atoms with Crippen LogP contribution in [0.4, 0.5) is 0 Å². The van der Waals surface area contributed by atoms with Gasteiger partial charge in [-0.1, -0.05) is 40.2 Å². The van der Waals surface area contributed by atoms with Crippen molar-refractivity contribution >= 4 is 0 Å². The zero-order valence-corrected chi connectivity index (χ0v) is 8.17. The van der Waals surface area contributed by atoms with Gasteiger partial charge in [0.05, 0.1) is 0 Å². The van der Waals surface area contributed by atoms with Gasteiger partial charge in [-0.3, -0.25) is 0 Å². The zero-order valence-electron chi connectivity index (χ0n) is 8.17. The average molecular weight is 155 g/mol. The second kappa shape index (κ2) is 5.22. The Bertz CT molecular complexity index is 118. The van der Waals surface area contributed by atoms with Gasteiger partial charge in [-0.05, 0) is 24.0 Å². The predicted octanol–water partition coefficient (Wildman–Crippen LogP) is 2.78. The van der Waals surface area contributed by atoms with Crippen molar-refractivity contribution < 1.29 is 0 Å². The van der Waals surface area contributed by atoms with Gasteiger partial charge in [0.25, 0.3) is 0 Å². The molecule has 0 saturated heterocycles. The van der Waals surface area contributed by atoms with Crippen LogP contribution < -0.4 is 5.73 Å². The summed E-state index contributed by atoms with van der Waals surface area (Å²) in [4.78, 5) is 0. The quantitative estimate of drug-likeness (QED) is 0.663. The molecule has 66 valence electrons. The van der Waals surface area contributed by atoms with Crippen molar-refractivity contribution in [2.45, 2.75) is 34.1 Å². The molecule has 0 aromatic heterocycles. The van der Waals surface area contributed by atoms with Crippen molar-refractivity contribution in [3.8, 4) is 0 Å². The van der Waals surface area contributed by atoms with E-state index in [0.717, 1.165) is 11.8 Å². The minimum Gasteiger partial charge on any atom is -0.405 e. The van der Waals surface area contributed by atoms with Crippen molar-refractivity contribution in [1.82, 2.24) is 0 Å². The van der Waals surface area contributed by atoms with Crippen LogP contribution in [-0.4, -0.2) is 0 Å². The van der Waals surface area contributed by atoms with E-state index in [9.17, 15) is 0 Å². The average Bonchev–Trinajstić information content (AvgIpc) is 2.02. The van der Waals surface area contributed by atoms with Gasteiger partial charge in [0.15, 0.2) is 0 Å². The molecular weight excluding hydrogens is 134 g/mol. The highest BCUT2D eigenvalue weighted by Crippen LogP contribution is 2.23. The van der Waals surface area contributed by atoms with Crippen LogP contribution in [0, 0.1) is 17.8 Å². The Balaban J connectivity index is 3.90. The molecule has 0 aliphatic carbocycles. The first kappa shape index (κ1) is 10.5. The standard InChI is InChI=1S/C10H21N/c1-5-8(2)10(4)9(3)6-7-11/h6-10H,5,11H2,1-4H3/t8?,9-,10?/m0/s1. The normalized spacial score (nSPS) is 20.0. The monoisotopic (exact) mass is 155 g/mol. The molecule has 0 aromatic carbocycles. The van der Waals surface area contributed by atoms with E-state index in [1.807, 2.05) is 0 Å². The van der Waals surface area contributed by atoms with Crippen LogP contribution in [0.3, 0.4) is 0 Å². The summed E-state index contributed by atoms with van der Waals surface area (Å²) in [6.45, 7) is 9.05. The van der Waals surface area contributed by atoms with E-state index in [4.69, 9.17) is 5.73 Å². The maximum absolute atomic E-state index is 5.33. The summed E-state index contributed by atoms with van der Waals surface area (Å²) in [5.74, 6) is 2.14. The summed E-state index contributed by atoms with van der Waals surface area (Å²) in [6.07, 6.45) is 4.99. The fourth-order valence-corrected chi connectivity index (χ4v) is 1.24. The van der Waals surface area contributed by atoms with E-state index < -0.39 is 0 Å². The highest BCUT2D eigenvalue weighted by atomic mass is 14.5. The first-order valence-electron chi connectivity index (χ1n) is 4.51. The Kier molecular flexibility index (Phi) is 5.01. The Morgan fingerprint density at radius 1 is 1.27 bits per heavy atom. The molecular formula is C10H21N. The minimum absolute atomic E-state index is 0.606. The molecule has 0 fully saturated rings. The molecule has 0 aromatic rings. The summed E-state index contributed by atoms with van der Waals surface area (Å²) in [5.41, 5.74) is 5.33. The topological polar surface area (TPSA) is 26.0 Å². The highest BCUT2D eigenvalue weighted by Gasteiger charge is 2.14. The van der Waals surface area contributed by atoms with Crippen LogP contribution in [0.1, 0.15) is 34.1 Å². The van der Waals surface area contributed by atoms with Crippen LogP contribution in [0.25, 0.3) is 0 Å². The van der Waals surface area contributed by atoms with Crippen molar-refractivity contribution in [2.75, 3.05) is 0 Å². The molecule has 0 rings (SSSR count). The molecule has 2 unspecified atom stereocenters. The molecule has 0 aliphatic heterocycles. The second-order valence-corrected chi connectivity index (χ2v) is 3.49. The van der Waals surface area contributed by atoms with Gasteiger partial charge in [0.2, 0.25) is 0 Å². The predicted molar refractivity (Wildman–Crippen MR) is 51.1 cm³/mol. The molecule has 1 heteroatoms. The maximum Gasteiger partial charge on any atom is -0.0100 e. The summed E-state index contributed by atoms with van der Waals surface area (Å²) >= 11 is 0. The van der Waals surface area contributed by atoms with Crippen LogP contribution in [0.2, 0.25) is 0 Å². The maximum atomic E-state index is 5.33. The third-order valence-electron chi connectivity index (χ3n) is 2.79. The van der Waals surface area contributed by atoms with E-state index in [1.165, 1.54) is 6.42 Å². The molecule has 1 nitrogen and oxygen atoms in total. The summed E-state index contributed by atoms with van der Waals surface area (Å²) in [5, 5.41) is 0. The SMILES string of the molecule is CCC(C)C(C)[C@@H](C)C=CN. The molecule has 0 aliphatic rings. The molecule has 0 spiro atoms. The largest absolute Gasteiger partial charge is 0.405 e. The van der Waals surface area contributed by atoms with Crippen LogP contribution >= 0.6 is 0 Å². The van der Waals surface area contributed by atoms with Gasteiger partial charge >= 0.3 is 0 Å². The molecule has 11 heavy (non-hydrogen) atoms. The van der Waals surface area contributed by atoms with Gasteiger partial charge in [0, 0.05) is 0 Å². The van der Waals surface area contributed by atoms with E-state index in [1.54, 1.807) is 6.20 Å². The number of nitrogens with two attached hydrogens (primary N) is 1. The van der Waals surface area contributed by atoms with Gasteiger partial charge in [-0.2, -0.15) is 0 Å². The fraction of sp³-hybridized carbons (Fsp3) is 0.800. The Morgan fingerprint density at radius 3 is 2.18 bits per heavy atom. The number of hydrogen-bond acceptors (Lipinski definition) is 1. The lowest BCUT2D eigenvalue weighted by molar-refractivity contribution is 0.312. The van der Waals surface area contributed by atoms with Crippen LogP contribution in [0.15, 0.2) is 12.3 Å². The first-order chi connectivity index (χ1) is 5.13. The van der Waals surface area contributed by atoms with E-state index in [-0.39, 0.29) is 0 Å². The van der Waals surface area contributed by atoms with Gasteiger partial charge < -0.3 is 5.73 Å². The lowest BCUT2D eigenvalue weighted by Gasteiger charge is -2.22. The van der Waals surface area contributed by atoms with E-state index in [2.05, 4.69) is 33.8 Å². The molecule has 0 saturated carbocycles. The lowest BCUT2D eigenvalue weighted by Crippen LogP contribution is -2.14. The zero-order chi connectivity index (χ0) is 8.85. The Hall–Kier alpha value is -0.460. The number of allylic oxidation sites excluding steroid dienone is 1. The summed E-state index contributed by atoms with van der Waals surface area (Å²) < 4.78 is 0. The molecule has 3 atom stereocenters. The third-order valence-corrected chi connectivity index (χ3v) is 2.79. The van der Waals surface area contributed by atoms with Crippen LogP contribution in [-0.2, 0) is 0 Å². The number of hydrogen-bond donors (Lipinski definition) is 1. The van der Waals surface area contributed by atoms with Crippen molar-refractivity contribution in [1.29, 1.82) is 0 Å². The summed E-state index contributed by atoms with van der Waals surface area (Å²) in [6, 6.07) is 0. The molecule has 2 N–H and O–H groups in total. The van der Waals surface area contributed by atoms with E-state index >= 15 is 0 Å². The van der Waals surface area contributed by atoms with E-state index in [0.29, 0.717) is 5.92 Å². The lowest BCUT2D eigenvalue weighted by atomic mass is 9.84. The van der Waals surface area contributed by atoms with Crippen molar-refractivity contribution in [3.05, 3.63) is 12.3 Å².